The Hall–Kier alpha value is -0.450. The van der Waals surface area contributed by atoms with Gasteiger partial charge in [-0.3, -0.25) is 4.90 Å². The van der Waals surface area contributed by atoms with Gasteiger partial charge in [0.25, 0.3) is 0 Å². The highest BCUT2D eigenvalue weighted by molar-refractivity contribution is 9.10. The summed E-state index contributed by atoms with van der Waals surface area (Å²) in [7, 11) is 0. The summed E-state index contributed by atoms with van der Waals surface area (Å²) in [4.78, 5) is 2.33. The summed E-state index contributed by atoms with van der Waals surface area (Å²) in [6.45, 7) is 5.57. The number of benzene rings is 1. The lowest BCUT2D eigenvalue weighted by molar-refractivity contribution is -0.0212. The fourth-order valence-electron chi connectivity index (χ4n) is 1.93. The first-order valence-electron chi connectivity index (χ1n) is 5.43. The van der Waals surface area contributed by atoms with E-state index in [1.807, 2.05) is 6.07 Å². The smallest absolute Gasteiger partial charge is 0.124 e. The molecule has 4 heteroatoms. The van der Waals surface area contributed by atoms with E-state index in [-0.39, 0.29) is 11.9 Å². The highest BCUT2D eigenvalue weighted by Gasteiger charge is 2.17. The number of halogens is 2. The van der Waals surface area contributed by atoms with Gasteiger partial charge in [-0.15, -0.1) is 0 Å². The molecule has 1 atom stereocenters. The number of hydrogen-bond acceptors (Lipinski definition) is 2. The van der Waals surface area contributed by atoms with Crippen LogP contribution < -0.4 is 0 Å². The highest BCUT2D eigenvalue weighted by Crippen LogP contribution is 2.20. The average Bonchev–Trinajstić information content (AvgIpc) is 2.22. The lowest BCUT2D eigenvalue weighted by Gasteiger charge is -2.31. The zero-order valence-corrected chi connectivity index (χ0v) is 10.8. The van der Waals surface area contributed by atoms with Crippen LogP contribution in [0.25, 0.3) is 0 Å². The Morgan fingerprint density at radius 3 is 3.06 bits per heavy atom. The second kappa shape index (κ2) is 5.25. The summed E-state index contributed by atoms with van der Waals surface area (Å²) in [5, 5.41) is 0. The number of morpholine rings is 1. The van der Waals surface area contributed by atoms with Crippen LogP contribution in [0.1, 0.15) is 12.5 Å². The van der Waals surface area contributed by atoms with Crippen LogP contribution in [0.15, 0.2) is 22.7 Å². The third kappa shape index (κ3) is 3.03. The van der Waals surface area contributed by atoms with Gasteiger partial charge in [0, 0.05) is 24.1 Å². The molecule has 0 N–H and O–H groups in total. The standard InChI is InChI=1S/C12H15BrFNO/c1-9-7-15(4-5-16-9)8-10-2-3-11(14)6-12(10)13/h2-3,6,9H,4-5,7-8H2,1H3/t9-/m1/s1. The van der Waals surface area contributed by atoms with Gasteiger partial charge in [0.2, 0.25) is 0 Å². The molecule has 1 saturated heterocycles. The summed E-state index contributed by atoms with van der Waals surface area (Å²) in [6.07, 6.45) is 0.285. The summed E-state index contributed by atoms with van der Waals surface area (Å²) >= 11 is 3.39. The molecule has 2 rings (SSSR count). The van der Waals surface area contributed by atoms with E-state index in [4.69, 9.17) is 4.74 Å². The normalized spacial score (nSPS) is 22.3. The van der Waals surface area contributed by atoms with Gasteiger partial charge >= 0.3 is 0 Å². The molecule has 0 radical (unpaired) electrons. The van der Waals surface area contributed by atoms with Crippen molar-refractivity contribution in [3.8, 4) is 0 Å². The predicted molar refractivity (Wildman–Crippen MR) is 64.8 cm³/mol. The second-order valence-electron chi connectivity index (χ2n) is 4.15. The first kappa shape index (κ1) is 12.0. The van der Waals surface area contributed by atoms with Crippen LogP contribution in [0.5, 0.6) is 0 Å². The molecular formula is C12H15BrFNO. The molecule has 0 aliphatic carbocycles. The lowest BCUT2D eigenvalue weighted by atomic mass is 10.2. The summed E-state index contributed by atoms with van der Waals surface area (Å²) in [6, 6.07) is 4.85. The molecule has 0 unspecified atom stereocenters. The summed E-state index contributed by atoms with van der Waals surface area (Å²) in [5.74, 6) is -0.203. The van der Waals surface area contributed by atoms with Crippen molar-refractivity contribution in [3.05, 3.63) is 34.1 Å². The molecule has 2 nitrogen and oxygen atoms in total. The van der Waals surface area contributed by atoms with Crippen molar-refractivity contribution in [2.45, 2.75) is 19.6 Å². The topological polar surface area (TPSA) is 12.5 Å². The zero-order chi connectivity index (χ0) is 11.5. The maximum Gasteiger partial charge on any atom is 0.124 e. The van der Waals surface area contributed by atoms with Crippen molar-refractivity contribution >= 4 is 15.9 Å². The zero-order valence-electron chi connectivity index (χ0n) is 9.25. The number of ether oxygens (including phenoxy) is 1. The minimum atomic E-state index is -0.203. The van der Waals surface area contributed by atoms with Crippen molar-refractivity contribution in [2.75, 3.05) is 19.7 Å². The van der Waals surface area contributed by atoms with Gasteiger partial charge in [-0.2, -0.15) is 0 Å². The molecule has 1 aromatic rings. The third-order valence-electron chi connectivity index (χ3n) is 2.73. The van der Waals surface area contributed by atoms with Crippen LogP contribution in [0.3, 0.4) is 0 Å². The molecule has 0 spiro atoms. The fourth-order valence-corrected chi connectivity index (χ4v) is 2.40. The molecular weight excluding hydrogens is 273 g/mol. The number of hydrogen-bond donors (Lipinski definition) is 0. The quantitative estimate of drug-likeness (QED) is 0.829. The van der Waals surface area contributed by atoms with Crippen molar-refractivity contribution in [1.82, 2.24) is 4.90 Å². The second-order valence-corrected chi connectivity index (χ2v) is 5.01. The third-order valence-corrected chi connectivity index (χ3v) is 3.47. The Labute approximate surface area is 104 Å². The van der Waals surface area contributed by atoms with Crippen LogP contribution >= 0.6 is 15.9 Å². The Balaban J connectivity index is 2.02. The Morgan fingerprint density at radius 2 is 2.38 bits per heavy atom. The van der Waals surface area contributed by atoms with Gasteiger partial charge in [-0.05, 0) is 24.6 Å². The predicted octanol–water partition coefficient (Wildman–Crippen LogP) is 2.81. The van der Waals surface area contributed by atoms with Crippen LogP contribution in [0.4, 0.5) is 4.39 Å². The van der Waals surface area contributed by atoms with E-state index in [0.717, 1.165) is 36.3 Å². The van der Waals surface area contributed by atoms with E-state index < -0.39 is 0 Å². The monoisotopic (exact) mass is 287 g/mol. The van der Waals surface area contributed by atoms with E-state index in [9.17, 15) is 4.39 Å². The van der Waals surface area contributed by atoms with Gasteiger partial charge < -0.3 is 4.74 Å². The lowest BCUT2D eigenvalue weighted by Crippen LogP contribution is -2.40. The molecule has 1 aliphatic heterocycles. The largest absolute Gasteiger partial charge is 0.376 e. The Kier molecular flexibility index (Phi) is 3.95. The van der Waals surface area contributed by atoms with E-state index in [1.165, 1.54) is 12.1 Å². The summed E-state index contributed by atoms with van der Waals surface area (Å²) < 4.78 is 19.2. The molecule has 0 aromatic heterocycles. The summed E-state index contributed by atoms with van der Waals surface area (Å²) in [5.41, 5.74) is 1.12. The van der Waals surface area contributed by atoms with Crippen molar-refractivity contribution < 1.29 is 9.13 Å². The minimum absolute atomic E-state index is 0.203. The van der Waals surface area contributed by atoms with Crippen molar-refractivity contribution in [2.24, 2.45) is 0 Å². The Morgan fingerprint density at radius 1 is 1.56 bits per heavy atom. The molecule has 0 saturated carbocycles. The van der Waals surface area contributed by atoms with Crippen molar-refractivity contribution in [1.29, 1.82) is 0 Å². The van der Waals surface area contributed by atoms with Gasteiger partial charge in [0.1, 0.15) is 5.82 Å². The van der Waals surface area contributed by atoms with E-state index in [0.29, 0.717) is 0 Å². The molecule has 0 bridgehead atoms. The van der Waals surface area contributed by atoms with E-state index in [2.05, 4.69) is 27.8 Å². The molecule has 1 aliphatic rings. The molecule has 1 heterocycles. The van der Waals surface area contributed by atoms with E-state index in [1.54, 1.807) is 0 Å². The highest BCUT2D eigenvalue weighted by atomic mass is 79.9. The average molecular weight is 288 g/mol. The van der Waals surface area contributed by atoms with Crippen molar-refractivity contribution in [3.63, 3.8) is 0 Å². The van der Waals surface area contributed by atoms with Crippen LogP contribution in [-0.4, -0.2) is 30.7 Å². The molecule has 0 amide bonds. The first-order chi connectivity index (χ1) is 7.65. The van der Waals surface area contributed by atoms with Gasteiger partial charge in [-0.1, -0.05) is 22.0 Å². The maximum atomic E-state index is 12.9. The number of nitrogens with zero attached hydrogens (tertiary/aromatic N) is 1. The van der Waals surface area contributed by atoms with Crippen LogP contribution in [0.2, 0.25) is 0 Å². The van der Waals surface area contributed by atoms with Gasteiger partial charge in [-0.25, -0.2) is 4.39 Å². The Bertz CT molecular complexity index is 372. The van der Waals surface area contributed by atoms with Gasteiger partial charge in [0.15, 0.2) is 0 Å². The molecule has 16 heavy (non-hydrogen) atoms. The molecule has 1 fully saturated rings. The minimum Gasteiger partial charge on any atom is -0.376 e. The maximum absolute atomic E-state index is 12.9. The SMILES string of the molecule is C[C@@H]1CN(Cc2ccc(F)cc2Br)CCO1. The van der Waals surface area contributed by atoms with Crippen LogP contribution in [-0.2, 0) is 11.3 Å². The molecule has 88 valence electrons. The first-order valence-corrected chi connectivity index (χ1v) is 6.22. The van der Waals surface area contributed by atoms with Gasteiger partial charge in [0.05, 0.1) is 12.7 Å². The number of rotatable bonds is 2. The van der Waals surface area contributed by atoms with Crippen LogP contribution in [0, 0.1) is 5.82 Å². The fraction of sp³-hybridized carbons (Fsp3) is 0.500. The molecule has 1 aromatic carbocycles. The van der Waals surface area contributed by atoms with E-state index >= 15 is 0 Å².